The van der Waals surface area contributed by atoms with Crippen LogP contribution >= 0.6 is 11.8 Å². The summed E-state index contributed by atoms with van der Waals surface area (Å²) in [6, 6.07) is 32.1. The van der Waals surface area contributed by atoms with Crippen molar-refractivity contribution in [1.82, 2.24) is 10.2 Å². The zero-order valence-corrected chi connectivity index (χ0v) is 24.4. The first-order valence-electron chi connectivity index (χ1n) is 13.6. The first-order chi connectivity index (χ1) is 20.4. The number of hydrogen-bond donors (Lipinski definition) is 1. The van der Waals surface area contributed by atoms with Crippen molar-refractivity contribution in [2.75, 3.05) is 21.0 Å². The van der Waals surface area contributed by atoms with Crippen molar-refractivity contribution in [1.29, 1.82) is 0 Å². The Hall–Kier alpha value is -4.40. The van der Waals surface area contributed by atoms with E-state index >= 15 is 0 Å². The molecule has 1 saturated heterocycles. The number of ether oxygens (including phenoxy) is 2. The summed E-state index contributed by atoms with van der Waals surface area (Å²) in [6.45, 7) is 0.715. The lowest BCUT2D eigenvalue weighted by Crippen LogP contribution is -2.27. The number of nitrogens with one attached hydrogen (secondary N) is 1. The molecule has 1 heterocycles. The summed E-state index contributed by atoms with van der Waals surface area (Å²) in [5, 5.41) is 1.67. The molecule has 42 heavy (non-hydrogen) atoms. The van der Waals surface area contributed by atoms with Gasteiger partial charge in [-0.1, -0.05) is 90.6 Å². The molecule has 0 aliphatic carbocycles. The normalized spacial score (nSPS) is 14.5. The van der Waals surface area contributed by atoms with Gasteiger partial charge in [-0.05, 0) is 63.6 Å². The molecule has 0 radical (unpaired) electrons. The van der Waals surface area contributed by atoms with Crippen molar-refractivity contribution in [3.63, 3.8) is 0 Å². The highest BCUT2D eigenvalue weighted by atomic mass is 32.2. The Morgan fingerprint density at radius 2 is 1.43 bits per heavy atom. The van der Waals surface area contributed by atoms with Gasteiger partial charge in [-0.3, -0.25) is 19.7 Å². The van der Waals surface area contributed by atoms with Crippen molar-refractivity contribution < 1.29 is 23.9 Å². The van der Waals surface area contributed by atoms with E-state index in [1.54, 1.807) is 12.0 Å². The van der Waals surface area contributed by atoms with Crippen LogP contribution in [0.4, 0.5) is 4.79 Å². The molecule has 1 aliphatic heterocycles. The number of imide groups is 1. The van der Waals surface area contributed by atoms with Crippen LogP contribution in [0.2, 0.25) is 0 Å². The molecule has 4 aromatic carbocycles. The van der Waals surface area contributed by atoms with Crippen LogP contribution in [0.1, 0.15) is 16.7 Å². The number of thioether (sulfide) groups is 1. The Balaban J connectivity index is 1.16. The minimum absolute atomic E-state index is 0.0458. The number of rotatable bonds is 11. The number of amides is 3. The van der Waals surface area contributed by atoms with Gasteiger partial charge in [0.15, 0.2) is 6.79 Å². The van der Waals surface area contributed by atoms with Crippen molar-refractivity contribution >= 4 is 28.8 Å². The number of benzene rings is 4. The monoisotopic (exact) mass is 580 g/mol. The molecule has 1 atom stereocenters. The van der Waals surface area contributed by atoms with E-state index in [2.05, 4.69) is 11.4 Å². The van der Waals surface area contributed by atoms with Gasteiger partial charge in [0.2, 0.25) is 11.8 Å². The molecule has 0 bridgehead atoms. The Labute approximate surface area is 249 Å². The number of likely N-dealkylation sites (N-methyl/N-ethyl adjacent to an activating group) is 1. The molecular formula is C34H32N2O5S. The van der Waals surface area contributed by atoms with Crippen LogP contribution in [0.15, 0.2) is 97.1 Å². The fourth-order valence-electron chi connectivity index (χ4n) is 4.78. The second-order valence-corrected chi connectivity index (χ2v) is 11.4. The highest BCUT2D eigenvalue weighted by molar-refractivity contribution is 8.15. The third-order valence-electron chi connectivity index (χ3n) is 7.09. The van der Waals surface area contributed by atoms with Crippen molar-refractivity contribution in [3.8, 4) is 28.0 Å². The van der Waals surface area contributed by atoms with E-state index in [9.17, 15) is 14.4 Å². The van der Waals surface area contributed by atoms with Crippen LogP contribution in [0.25, 0.3) is 22.3 Å². The molecule has 5 rings (SSSR count). The van der Waals surface area contributed by atoms with Crippen LogP contribution in [0.3, 0.4) is 0 Å². The van der Waals surface area contributed by atoms with Gasteiger partial charge in [0.25, 0.3) is 5.24 Å². The summed E-state index contributed by atoms with van der Waals surface area (Å²) < 4.78 is 10.4. The van der Waals surface area contributed by atoms with Crippen LogP contribution in [-0.2, 0) is 33.7 Å². The topological polar surface area (TPSA) is 84.9 Å². The van der Waals surface area contributed by atoms with Gasteiger partial charge >= 0.3 is 0 Å². The van der Waals surface area contributed by atoms with Crippen molar-refractivity contribution in [2.24, 2.45) is 0 Å². The van der Waals surface area contributed by atoms with Crippen LogP contribution < -0.4 is 10.1 Å². The maximum Gasteiger partial charge on any atom is 0.286 e. The first kappa shape index (κ1) is 29.1. The predicted octanol–water partition coefficient (Wildman–Crippen LogP) is 6.10. The van der Waals surface area contributed by atoms with Crippen LogP contribution in [0.5, 0.6) is 5.75 Å². The van der Waals surface area contributed by atoms with E-state index in [1.165, 1.54) is 0 Å². The molecule has 0 saturated carbocycles. The van der Waals surface area contributed by atoms with Gasteiger partial charge in [0.05, 0.1) is 11.7 Å². The zero-order valence-electron chi connectivity index (χ0n) is 23.5. The molecule has 1 N–H and O–H groups in total. The largest absolute Gasteiger partial charge is 0.468 e. The van der Waals surface area contributed by atoms with E-state index in [-0.39, 0.29) is 29.1 Å². The Kier molecular flexibility index (Phi) is 9.36. The number of methoxy groups -OCH3 is 1. The molecule has 1 unspecified atom stereocenters. The molecule has 214 valence electrons. The SMILES string of the molecule is COCOc1ccc(-c2ccc(CC(=O)N(C)Cc3cccc(-c4ccc(CC5SC(=O)NC5=O)cc4)c3)cc2)cc1. The highest BCUT2D eigenvalue weighted by Gasteiger charge is 2.31. The van der Waals surface area contributed by atoms with E-state index in [1.807, 2.05) is 98.0 Å². The lowest BCUT2D eigenvalue weighted by molar-refractivity contribution is -0.129. The summed E-state index contributed by atoms with van der Waals surface area (Å²) in [5.41, 5.74) is 7.24. The molecule has 1 aliphatic rings. The fraction of sp³-hybridized carbons (Fsp3) is 0.206. The van der Waals surface area contributed by atoms with Gasteiger partial charge in [0, 0.05) is 20.7 Å². The molecule has 4 aromatic rings. The van der Waals surface area contributed by atoms with Crippen LogP contribution in [-0.4, -0.2) is 48.2 Å². The third kappa shape index (κ3) is 7.46. The smallest absolute Gasteiger partial charge is 0.286 e. The second kappa shape index (κ2) is 13.5. The van der Waals surface area contributed by atoms with E-state index in [4.69, 9.17) is 9.47 Å². The van der Waals surface area contributed by atoms with Gasteiger partial charge in [-0.15, -0.1) is 0 Å². The molecule has 3 amide bonds. The van der Waals surface area contributed by atoms with Crippen LogP contribution in [0, 0.1) is 0 Å². The summed E-state index contributed by atoms with van der Waals surface area (Å²) in [7, 11) is 3.42. The number of hydrogen-bond acceptors (Lipinski definition) is 6. The average molecular weight is 581 g/mol. The minimum atomic E-state index is -0.378. The van der Waals surface area contributed by atoms with E-state index < -0.39 is 0 Å². The maximum absolute atomic E-state index is 13.0. The van der Waals surface area contributed by atoms with E-state index in [0.29, 0.717) is 19.4 Å². The molecule has 0 aromatic heterocycles. The minimum Gasteiger partial charge on any atom is -0.468 e. The average Bonchev–Trinajstić information content (AvgIpc) is 3.33. The summed E-state index contributed by atoms with van der Waals surface area (Å²) in [4.78, 5) is 38.1. The molecule has 1 fully saturated rings. The predicted molar refractivity (Wildman–Crippen MR) is 165 cm³/mol. The standard InChI is InChI=1S/C34H32N2O5S/c1-36(32(37)20-24-8-10-26(11-9-24)27-14-16-30(17-15-27)41-22-40-2)21-25-4-3-5-29(18-25)28-12-6-23(7-13-28)19-31-33(38)35-34(39)42-31/h3-18,31H,19-22H2,1-2H3,(H,35,38,39). The quantitative estimate of drug-likeness (QED) is 0.216. The maximum atomic E-state index is 13.0. The lowest BCUT2D eigenvalue weighted by Gasteiger charge is -2.18. The van der Waals surface area contributed by atoms with Crippen molar-refractivity contribution in [2.45, 2.75) is 24.6 Å². The van der Waals surface area contributed by atoms with Gasteiger partial charge in [0.1, 0.15) is 5.75 Å². The molecule has 0 spiro atoms. The van der Waals surface area contributed by atoms with Gasteiger partial charge < -0.3 is 14.4 Å². The number of carbonyl (C=O) groups is 3. The highest BCUT2D eigenvalue weighted by Crippen LogP contribution is 2.26. The number of nitrogens with zero attached hydrogens (tertiary/aromatic N) is 1. The number of carbonyl (C=O) groups excluding carboxylic acids is 3. The Morgan fingerprint density at radius 1 is 0.810 bits per heavy atom. The van der Waals surface area contributed by atoms with Gasteiger partial charge in [-0.2, -0.15) is 0 Å². The van der Waals surface area contributed by atoms with E-state index in [0.717, 1.165) is 56.5 Å². The lowest BCUT2D eigenvalue weighted by atomic mass is 10.00. The Morgan fingerprint density at radius 3 is 2.05 bits per heavy atom. The molecule has 7 nitrogen and oxygen atoms in total. The third-order valence-corrected chi connectivity index (χ3v) is 8.07. The second-order valence-electron chi connectivity index (χ2n) is 10.2. The fourth-order valence-corrected chi connectivity index (χ4v) is 5.64. The zero-order chi connectivity index (χ0) is 29.5. The van der Waals surface area contributed by atoms with Gasteiger partial charge in [-0.25, -0.2) is 0 Å². The summed E-state index contributed by atoms with van der Waals surface area (Å²) in [6.07, 6.45) is 0.834. The Bertz CT molecular complexity index is 1550. The summed E-state index contributed by atoms with van der Waals surface area (Å²) in [5.74, 6) is 0.567. The molecule has 8 heteroatoms. The first-order valence-corrected chi connectivity index (χ1v) is 14.5. The molecular weight excluding hydrogens is 548 g/mol. The van der Waals surface area contributed by atoms with Crippen molar-refractivity contribution in [3.05, 3.63) is 114 Å². The summed E-state index contributed by atoms with van der Waals surface area (Å²) >= 11 is 1.04.